The van der Waals surface area contributed by atoms with Crippen LogP contribution < -0.4 is 5.32 Å². The van der Waals surface area contributed by atoms with E-state index in [1.54, 1.807) is 0 Å². The van der Waals surface area contributed by atoms with Gasteiger partial charge in [-0.05, 0) is 20.4 Å². The van der Waals surface area contributed by atoms with E-state index in [0.29, 0.717) is 6.10 Å². The third kappa shape index (κ3) is 4.95. The lowest BCUT2D eigenvalue weighted by molar-refractivity contribution is 0.0727. The van der Waals surface area contributed by atoms with Crippen molar-refractivity contribution in [3.05, 3.63) is 18.2 Å². The highest BCUT2D eigenvalue weighted by molar-refractivity contribution is 4.95. The van der Waals surface area contributed by atoms with Crippen LogP contribution in [0.25, 0.3) is 0 Å². The first-order valence-corrected chi connectivity index (χ1v) is 5.55. The summed E-state index contributed by atoms with van der Waals surface area (Å²) in [6.45, 7) is 9.62. The maximum Gasteiger partial charge on any atom is 0.0950 e. The van der Waals surface area contributed by atoms with Gasteiger partial charge in [-0.1, -0.05) is 6.92 Å². The largest absolute Gasteiger partial charge is 0.377 e. The number of imidazole rings is 1. The predicted molar refractivity (Wildman–Crippen MR) is 60.7 cm³/mol. The zero-order chi connectivity index (χ0) is 11.1. The van der Waals surface area contributed by atoms with E-state index >= 15 is 0 Å². The lowest BCUT2D eigenvalue weighted by Crippen LogP contribution is -2.12. The van der Waals surface area contributed by atoms with Gasteiger partial charge in [-0.15, -0.1) is 0 Å². The third-order valence-corrected chi connectivity index (χ3v) is 2.04. The van der Waals surface area contributed by atoms with Crippen molar-refractivity contribution in [1.82, 2.24) is 14.9 Å². The first-order chi connectivity index (χ1) is 7.22. The molecule has 1 aromatic rings. The Morgan fingerprint density at radius 3 is 3.00 bits per heavy atom. The number of rotatable bonds is 7. The van der Waals surface area contributed by atoms with Crippen LogP contribution in [0.5, 0.6) is 0 Å². The molecule has 0 aromatic carbocycles. The van der Waals surface area contributed by atoms with Gasteiger partial charge >= 0.3 is 0 Å². The zero-order valence-electron chi connectivity index (χ0n) is 9.86. The number of ether oxygens (including phenoxy) is 1. The summed E-state index contributed by atoms with van der Waals surface area (Å²) in [4.78, 5) is 4.30. The molecule has 4 nitrogen and oxygen atoms in total. The molecule has 0 saturated heterocycles. The van der Waals surface area contributed by atoms with Crippen LogP contribution in [-0.2, 0) is 17.8 Å². The summed E-state index contributed by atoms with van der Waals surface area (Å²) in [5, 5.41) is 3.25. The quantitative estimate of drug-likeness (QED) is 0.741. The summed E-state index contributed by atoms with van der Waals surface area (Å²) >= 11 is 0. The lowest BCUT2D eigenvalue weighted by atomic mass is 10.4. The second kappa shape index (κ2) is 6.58. The van der Waals surface area contributed by atoms with Gasteiger partial charge in [0.15, 0.2) is 0 Å². The van der Waals surface area contributed by atoms with E-state index in [0.717, 1.165) is 31.9 Å². The molecule has 86 valence electrons. The van der Waals surface area contributed by atoms with Crippen LogP contribution in [-0.4, -0.2) is 28.8 Å². The fraction of sp³-hybridized carbons (Fsp3) is 0.727. The van der Waals surface area contributed by atoms with Gasteiger partial charge in [0, 0.05) is 19.3 Å². The van der Waals surface area contributed by atoms with Gasteiger partial charge < -0.3 is 14.6 Å². The minimum Gasteiger partial charge on any atom is -0.377 e. The first-order valence-electron chi connectivity index (χ1n) is 5.55. The van der Waals surface area contributed by atoms with E-state index in [1.807, 2.05) is 20.2 Å². The molecule has 0 unspecified atom stereocenters. The lowest BCUT2D eigenvalue weighted by Gasteiger charge is -2.07. The minimum atomic E-state index is 0.301. The summed E-state index contributed by atoms with van der Waals surface area (Å²) in [6.07, 6.45) is 4.22. The Balaban J connectivity index is 2.26. The molecule has 0 bridgehead atoms. The molecule has 0 amide bonds. The number of nitrogens with one attached hydrogen (secondary N) is 1. The summed E-state index contributed by atoms with van der Waals surface area (Å²) in [7, 11) is 0. The molecular formula is C11H21N3O. The molecule has 0 aliphatic heterocycles. The number of aromatic nitrogens is 2. The highest BCUT2D eigenvalue weighted by Crippen LogP contribution is 1.97. The molecule has 0 aliphatic carbocycles. The second-order valence-electron chi connectivity index (χ2n) is 3.80. The van der Waals surface area contributed by atoms with Crippen molar-refractivity contribution in [3.63, 3.8) is 0 Å². The van der Waals surface area contributed by atoms with Gasteiger partial charge in [-0.3, -0.25) is 0 Å². The SMILES string of the molecule is CCNCc1cn(CCOC(C)C)cn1. The molecule has 0 fully saturated rings. The monoisotopic (exact) mass is 211 g/mol. The van der Waals surface area contributed by atoms with Crippen molar-refractivity contribution in [2.45, 2.75) is 40.0 Å². The Hall–Kier alpha value is -0.870. The molecule has 0 atom stereocenters. The van der Waals surface area contributed by atoms with Crippen LogP contribution in [0, 0.1) is 0 Å². The normalized spacial score (nSPS) is 11.2. The van der Waals surface area contributed by atoms with Crippen LogP contribution >= 0.6 is 0 Å². The molecular weight excluding hydrogens is 190 g/mol. The number of nitrogens with zero attached hydrogens (tertiary/aromatic N) is 2. The Kier molecular flexibility index (Phi) is 5.36. The Bertz CT molecular complexity index is 271. The standard InChI is InChI=1S/C11H21N3O/c1-4-12-7-11-8-14(9-13-11)5-6-15-10(2)3/h8-10,12H,4-7H2,1-3H3. The van der Waals surface area contributed by atoms with Gasteiger partial charge in [0.1, 0.15) is 0 Å². The molecule has 1 heterocycles. The molecule has 0 aliphatic rings. The van der Waals surface area contributed by atoms with Crippen LogP contribution in [0.3, 0.4) is 0 Å². The van der Waals surface area contributed by atoms with E-state index in [-0.39, 0.29) is 0 Å². The van der Waals surface area contributed by atoms with Gasteiger partial charge in [0.05, 0.1) is 24.7 Å². The molecule has 1 N–H and O–H groups in total. The van der Waals surface area contributed by atoms with Crippen molar-refractivity contribution in [2.24, 2.45) is 0 Å². The maximum atomic E-state index is 5.47. The fourth-order valence-electron chi connectivity index (χ4n) is 1.27. The van der Waals surface area contributed by atoms with E-state index in [4.69, 9.17) is 4.74 Å². The van der Waals surface area contributed by atoms with Crippen LogP contribution in [0.15, 0.2) is 12.5 Å². The average Bonchev–Trinajstić information content (AvgIpc) is 2.62. The highest BCUT2D eigenvalue weighted by Gasteiger charge is 1.98. The van der Waals surface area contributed by atoms with E-state index in [2.05, 4.69) is 28.0 Å². The van der Waals surface area contributed by atoms with Gasteiger partial charge in [0.2, 0.25) is 0 Å². The summed E-state index contributed by atoms with van der Waals surface area (Å²) < 4.78 is 7.54. The molecule has 0 radical (unpaired) electrons. The zero-order valence-corrected chi connectivity index (χ0v) is 9.86. The Morgan fingerprint density at radius 1 is 1.53 bits per heavy atom. The maximum absolute atomic E-state index is 5.47. The predicted octanol–water partition coefficient (Wildman–Crippen LogP) is 1.42. The van der Waals surface area contributed by atoms with Crippen LogP contribution in [0.4, 0.5) is 0 Å². The Labute approximate surface area is 91.7 Å². The number of hydrogen-bond donors (Lipinski definition) is 1. The molecule has 15 heavy (non-hydrogen) atoms. The third-order valence-electron chi connectivity index (χ3n) is 2.04. The van der Waals surface area contributed by atoms with Gasteiger partial charge in [-0.2, -0.15) is 0 Å². The van der Waals surface area contributed by atoms with Gasteiger partial charge in [-0.25, -0.2) is 4.98 Å². The van der Waals surface area contributed by atoms with Crippen molar-refractivity contribution in [3.8, 4) is 0 Å². The van der Waals surface area contributed by atoms with Crippen LogP contribution in [0.1, 0.15) is 26.5 Å². The summed E-state index contributed by atoms with van der Waals surface area (Å²) in [5.41, 5.74) is 1.08. The van der Waals surface area contributed by atoms with Crippen molar-refractivity contribution >= 4 is 0 Å². The van der Waals surface area contributed by atoms with Crippen LogP contribution in [0.2, 0.25) is 0 Å². The molecule has 4 heteroatoms. The van der Waals surface area contributed by atoms with E-state index < -0.39 is 0 Å². The topological polar surface area (TPSA) is 39.1 Å². The second-order valence-corrected chi connectivity index (χ2v) is 3.80. The van der Waals surface area contributed by atoms with Crippen molar-refractivity contribution in [1.29, 1.82) is 0 Å². The minimum absolute atomic E-state index is 0.301. The van der Waals surface area contributed by atoms with Gasteiger partial charge in [0.25, 0.3) is 0 Å². The summed E-state index contributed by atoms with van der Waals surface area (Å²) in [6, 6.07) is 0. The smallest absolute Gasteiger partial charge is 0.0950 e. The van der Waals surface area contributed by atoms with Crippen molar-refractivity contribution in [2.75, 3.05) is 13.2 Å². The molecule has 1 rings (SSSR count). The summed E-state index contributed by atoms with van der Waals surface area (Å²) in [5.74, 6) is 0. The molecule has 0 saturated carbocycles. The average molecular weight is 211 g/mol. The number of hydrogen-bond acceptors (Lipinski definition) is 3. The van der Waals surface area contributed by atoms with E-state index in [1.165, 1.54) is 0 Å². The molecule has 0 spiro atoms. The van der Waals surface area contributed by atoms with Crippen molar-refractivity contribution < 1.29 is 4.74 Å². The van der Waals surface area contributed by atoms with E-state index in [9.17, 15) is 0 Å². The Morgan fingerprint density at radius 2 is 2.33 bits per heavy atom. The molecule has 1 aromatic heterocycles. The fourth-order valence-corrected chi connectivity index (χ4v) is 1.27. The highest BCUT2D eigenvalue weighted by atomic mass is 16.5. The first kappa shape index (κ1) is 12.2.